The van der Waals surface area contributed by atoms with Gasteiger partial charge in [-0.3, -0.25) is 0 Å². The highest BCUT2D eigenvalue weighted by Crippen LogP contribution is 2.37. The second kappa shape index (κ2) is 9.59. The summed E-state index contributed by atoms with van der Waals surface area (Å²) in [5.41, 5.74) is 0.611. The lowest BCUT2D eigenvalue weighted by molar-refractivity contribution is -0.947. The van der Waals surface area contributed by atoms with Crippen LogP contribution in [0.5, 0.6) is 5.75 Å². The fourth-order valence-corrected chi connectivity index (χ4v) is 4.98. The predicted molar refractivity (Wildman–Crippen MR) is 108 cm³/mol. The number of piperidine rings is 2. The number of quaternary nitrogens is 1. The van der Waals surface area contributed by atoms with E-state index >= 15 is 0 Å². The number of rotatable bonds is 8. The van der Waals surface area contributed by atoms with Gasteiger partial charge in [-0.05, 0) is 69.2 Å². The summed E-state index contributed by atoms with van der Waals surface area (Å²) >= 11 is 0. The third kappa shape index (κ3) is 5.25. The van der Waals surface area contributed by atoms with E-state index in [1.807, 2.05) is 12.1 Å². The summed E-state index contributed by atoms with van der Waals surface area (Å²) in [5, 5.41) is 0. The minimum absolute atomic E-state index is 0.216. The molecule has 0 aliphatic carbocycles. The Hall–Kier alpha value is -1.55. The van der Waals surface area contributed by atoms with Gasteiger partial charge in [-0.2, -0.15) is 0 Å². The van der Waals surface area contributed by atoms with E-state index in [1.54, 1.807) is 12.1 Å². The smallest absolute Gasteiger partial charge is 0.338 e. The normalized spacial score (nSPS) is 27.6. The van der Waals surface area contributed by atoms with Gasteiger partial charge in [0.15, 0.2) is 0 Å². The van der Waals surface area contributed by atoms with Crippen LogP contribution in [0.15, 0.2) is 24.3 Å². The molecule has 4 nitrogen and oxygen atoms in total. The van der Waals surface area contributed by atoms with E-state index in [2.05, 4.69) is 14.0 Å². The van der Waals surface area contributed by atoms with Crippen LogP contribution in [0.4, 0.5) is 0 Å². The molecule has 1 aromatic carbocycles. The largest absolute Gasteiger partial charge is 0.494 e. The maximum absolute atomic E-state index is 12.3. The van der Waals surface area contributed by atoms with E-state index in [0.29, 0.717) is 18.1 Å². The summed E-state index contributed by atoms with van der Waals surface area (Å²) < 4.78 is 12.5. The lowest BCUT2D eigenvalue weighted by Gasteiger charge is -2.51. The molecule has 3 rings (SSSR count). The van der Waals surface area contributed by atoms with Gasteiger partial charge >= 0.3 is 5.97 Å². The van der Waals surface area contributed by atoms with Crippen molar-refractivity contribution in [2.45, 2.75) is 64.3 Å². The number of nitrogens with zero attached hydrogens (tertiary/aromatic N) is 1. The topological polar surface area (TPSA) is 35.5 Å². The summed E-state index contributed by atoms with van der Waals surface area (Å²) in [5.74, 6) is 1.30. The first kappa shape index (κ1) is 20.2. The Kier molecular flexibility index (Phi) is 7.17. The molecule has 0 unspecified atom stereocenters. The van der Waals surface area contributed by atoms with E-state index in [1.165, 1.54) is 49.7 Å². The molecule has 0 aromatic heterocycles. The third-order valence-electron chi connectivity index (χ3n) is 6.59. The molecule has 2 aliphatic rings. The van der Waals surface area contributed by atoms with Crippen molar-refractivity contribution in [3.63, 3.8) is 0 Å². The summed E-state index contributed by atoms with van der Waals surface area (Å²) in [6, 6.07) is 8.10. The van der Waals surface area contributed by atoms with Gasteiger partial charge in [0, 0.05) is 5.92 Å². The number of unbranched alkanes of at least 4 members (excludes halogenated alkanes) is 1. The average molecular weight is 375 g/mol. The molecule has 2 heterocycles. The Bertz CT molecular complexity index is 596. The molecule has 0 radical (unpaired) electrons. The second-order valence-electron chi connectivity index (χ2n) is 8.54. The van der Waals surface area contributed by atoms with Crippen LogP contribution in [-0.4, -0.2) is 49.8 Å². The third-order valence-corrected chi connectivity index (χ3v) is 6.59. The van der Waals surface area contributed by atoms with Crippen molar-refractivity contribution in [1.82, 2.24) is 0 Å². The van der Waals surface area contributed by atoms with E-state index < -0.39 is 0 Å². The predicted octanol–water partition coefficient (Wildman–Crippen LogP) is 4.82. The molecule has 0 spiro atoms. The van der Waals surface area contributed by atoms with Gasteiger partial charge in [-0.15, -0.1) is 0 Å². The van der Waals surface area contributed by atoms with Crippen molar-refractivity contribution in [2.75, 3.05) is 33.4 Å². The van der Waals surface area contributed by atoms with E-state index in [9.17, 15) is 4.79 Å². The molecule has 2 saturated heterocycles. The molecular weight excluding hydrogens is 338 g/mol. The fourth-order valence-electron chi connectivity index (χ4n) is 4.98. The maximum atomic E-state index is 12.3. The number of hydrogen-bond donors (Lipinski definition) is 0. The van der Waals surface area contributed by atoms with Crippen LogP contribution in [0.1, 0.15) is 68.6 Å². The molecule has 27 heavy (non-hydrogen) atoms. The van der Waals surface area contributed by atoms with Gasteiger partial charge in [0.25, 0.3) is 0 Å². The standard InChI is InChI=1S/C23H36NO3/c1-3-4-17-26-21-12-10-20(11-13-21)23(25)27-18-14-19-8-7-16-24(2)15-6-5-9-22(19)24/h10-13,19,22H,3-9,14-18H2,1-2H3/q+1/t19-,22+,24+/m0/s1. The average Bonchev–Trinajstić information content (AvgIpc) is 2.68. The summed E-state index contributed by atoms with van der Waals surface area (Å²) in [6.45, 7) is 6.06. The quantitative estimate of drug-likeness (QED) is 0.372. The Morgan fingerprint density at radius 1 is 1.07 bits per heavy atom. The molecule has 0 bridgehead atoms. The van der Waals surface area contributed by atoms with Crippen LogP contribution in [0.25, 0.3) is 0 Å². The van der Waals surface area contributed by atoms with E-state index in [4.69, 9.17) is 9.47 Å². The number of esters is 1. The van der Waals surface area contributed by atoms with Crippen LogP contribution in [0, 0.1) is 5.92 Å². The molecule has 4 heteroatoms. The zero-order chi connectivity index (χ0) is 19.1. The number of carbonyl (C=O) groups excluding carboxylic acids is 1. The minimum atomic E-state index is -0.216. The Morgan fingerprint density at radius 2 is 1.85 bits per heavy atom. The molecule has 0 saturated carbocycles. The van der Waals surface area contributed by atoms with Crippen LogP contribution in [0.3, 0.4) is 0 Å². The monoisotopic (exact) mass is 374 g/mol. The van der Waals surface area contributed by atoms with Gasteiger partial charge in [0.05, 0.1) is 45.0 Å². The first-order chi connectivity index (χ1) is 13.1. The molecule has 1 aromatic rings. The van der Waals surface area contributed by atoms with E-state index in [-0.39, 0.29) is 5.97 Å². The highest BCUT2D eigenvalue weighted by atomic mass is 16.5. The first-order valence-electron chi connectivity index (χ1n) is 10.9. The highest BCUT2D eigenvalue weighted by molar-refractivity contribution is 5.89. The van der Waals surface area contributed by atoms with Crippen molar-refractivity contribution in [3.8, 4) is 5.75 Å². The van der Waals surface area contributed by atoms with Crippen molar-refractivity contribution >= 4 is 5.97 Å². The Morgan fingerprint density at radius 3 is 2.63 bits per heavy atom. The zero-order valence-electron chi connectivity index (χ0n) is 17.1. The van der Waals surface area contributed by atoms with Gasteiger partial charge in [0.1, 0.15) is 5.75 Å². The molecule has 2 aliphatic heterocycles. The molecule has 150 valence electrons. The number of hydrogen-bond acceptors (Lipinski definition) is 3. The summed E-state index contributed by atoms with van der Waals surface area (Å²) in [7, 11) is 2.44. The number of fused-ring (bicyclic) bond motifs is 1. The van der Waals surface area contributed by atoms with Crippen LogP contribution < -0.4 is 4.74 Å². The van der Waals surface area contributed by atoms with Crippen molar-refractivity contribution in [1.29, 1.82) is 0 Å². The van der Waals surface area contributed by atoms with Crippen LogP contribution in [0.2, 0.25) is 0 Å². The minimum Gasteiger partial charge on any atom is -0.494 e. The second-order valence-corrected chi connectivity index (χ2v) is 8.54. The molecule has 2 fully saturated rings. The van der Waals surface area contributed by atoms with Crippen molar-refractivity contribution < 1.29 is 18.8 Å². The van der Waals surface area contributed by atoms with E-state index in [0.717, 1.165) is 37.7 Å². The van der Waals surface area contributed by atoms with Gasteiger partial charge < -0.3 is 14.0 Å². The van der Waals surface area contributed by atoms with Crippen LogP contribution in [-0.2, 0) is 4.74 Å². The number of carbonyl (C=O) groups is 1. The van der Waals surface area contributed by atoms with Gasteiger partial charge in [-0.1, -0.05) is 13.3 Å². The number of ether oxygens (including phenoxy) is 2. The van der Waals surface area contributed by atoms with Gasteiger partial charge in [-0.25, -0.2) is 4.79 Å². The molecule has 3 atom stereocenters. The van der Waals surface area contributed by atoms with Crippen LogP contribution >= 0.6 is 0 Å². The number of benzene rings is 1. The fraction of sp³-hybridized carbons (Fsp3) is 0.696. The SMILES string of the molecule is CCCCOc1ccc(C(=O)OCC[C@@H]2CCC[N@@+]3(C)CCCC[C@H]23)cc1. The Labute approximate surface area is 164 Å². The highest BCUT2D eigenvalue weighted by Gasteiger charge is 2.43. The first-order valence-corrected chi connectivity index (χ1v) is 10.9. The maximum Gasteiger partial charge on any atom is 0.338 e. The lowest BCUT2D eigenvalue weighted by Crippen LogP contribution is -2.60. The summed E-state index contributed by atoms with van der Waals surface area (Å²) in [6.07, 6.45) is 9.84. The zero-order valence-corrected chi connectivity index (χ0v) is 17.1. The summed E-state index contributed by atoms with van der Waals surface area (Å²) in [4.78, 5) is 12.3. The van der Waals surface area contributed by atoms with Crippen molar-refractivity contribution in [3.05, 3.63) is 29.8 Å². The Balaban J connectivity index is 1.45. The molecule has 0 N–H and O–H groups in total. The molecular formula is C23H36NO3+. The lowest BCUT2D eigenvalue weighted by atomic mass is 9.80. The molecule has 0 amide bonds. The van der Waals surface area contributed by atoms with Crippen molar-refractivity contribution in [2.24, 2.45) is 5.92 Å². The van der Waals surface area contributed by atoms with Gasteiger partial charge in [0.2, 0.25) is 0 Å².